The minimum Gasteiger partial charge on any atom is -0.467 e. The summed E-state index contributed by atoms with van der Waals surface area (Å²) < 4.78 is 14.2. The Labute approximate surface area is 170 Å². The van der Waals surface area contributed by atoms with E-state index in [0.29, 0.717) is 12.8 Å². The molecule has 0 spiro atoms. The lowest BCUT2D eigenvalue weighted by Gasteiger charge is -2.30. The molecule has 2 unspecified atom stereocenters. The first-order chi connectivity index (χ1) is 13.4. The highest BCUT2D eigenvalue weighted by Gasteiger charge is 2.35. The number of Topliss-reactive ketones (excluding diaryl/α,β-unsaturated/α-hetero) is 1. The van der Waals surface area contributed by atoms with Crippen LogP contribution in [0.5, 0.6) is 0 Å². The highest BCUT2D eigenvalue weighted by Crippen LogP contribution is 2.15. The number of nitrogens with zero attached hydrogens (tertiary/aromatic N) is 2. The number of carbonyl (C=O) groups is 4. The van der Waals surface area contributed by atoms with Gasteiger partial charge in [-0.25, -0.2) is 19.4 Å². The molecule has 29 heavy (non-hydrogen) atoms. The van der Waals surface area contributed by atoms with Crippen LogP contribution in [0.15, 0.2) is 4.99 Å². The minimum atomic E-state index is -1.86. The van der Waals surface area contributed by atoms with Crippen molar-refractivity contribution in [2.75, 3.05) is 27.9 Å². The van der Waals surface area contributed by atoms with Crippen molar-refractivity contribution in [3.63, 3.8) is 0 Å². The van der Waals surface area contributed by atoms with Crippen LogP contribution in [0.3, 0.4) is 0 Å². The molecule has 0 bridgehead atoms. The second-order valence-electron chi connectivity index (χ2n) is 7.16. The maximum absolute atomic E-state index is 12.4. The Hall–Kier alpha value is -2.69. The average Bonchev–Trinajstić information content (AvgIpc) is 2.65. The third kappa shape index (κ3) is 8.90. The molecule has 11 nitrogen and oxygen atoms in total. The third-order valence-electron chi connectivity index (χ3n) is 3.71. The number of carbonyl (C=O) groups excluding carboxylic acids is 4. The molecule has 0 aliphatic carbocycles. The van der Waals surface area contributed by atoms with Crippen molar-refractivity contribution in [1.29, 1.82) is 0 Å². The number of aliphatic hydroxyl groups is 1. The number of amidine groups is 1. The molecule has 0 saturated heterocycles. The van der Waals surface area contributed by atoms with E-state index in [1.165, 1.54) is 11.9 Å². The number of hydrogen-bond donors (Lipinski definition) is 2. The molecular formula is C18H31N3O8. The standard InChI is InChI=1S/C18H31N3O8/c1-18(2,3)29-17(26)21(4)11(9-7-8-10-22)14(19)20-12(15(24)27-5)13(23)16(25)28-6/h11-12,22H,7-10H2,1-6H3,(H2,19,20). The number of hydrogen-bond acceptors (Lipinski definition) is 9. The highest BCUT2D eigenvalue weighted by atomic mass is 16.6. The molecule has 2 atom stereocenters. The molecule has 0 aliphatic rings. The molecule has 0 radical (unpaired) electrons. The smallest absolute Gasteiger partial charge is 0.410 e. The number of ketones is 1. The predicted octanol–water partition coefficient (Wildman–Crippen LogP) is 0.0254. The molecule has 11 heteroatoms. The number of likely N-dealkylation sites (N-methyl/N-ethyl adjacent to an activating group) is 1. The van der Waals surface area contributed by atoms with Gasteiger partial charge in [0.05, 0.1) is 20.3 Å². The van der Waals surface area contributed by atoms with Crippen molar-refractivity contribution in [3.8, 4) is 0 Å². The van der Waals surface area contributed by atoms with Crippen LogP contribution in [0.2, 0.25) is 0 Å². The van der Waals surface area contributed by atoms with Gasteiger partial charge in [0.15, 0.2) is 0 Å². The molecule has 0 aromatic rings. The van der Waals surface area contributed by atoms with E-state index in [9.17, 15) is 19.2 Å². The van der Waals surface area contributed by atoms with Gasteiger partial charge >= 0.3 is 18.0 Å². The molecule has 166 valence electrons. The van der Waals surface area contributed by atoms with Gasteiger partial charge < -0.3 is 30.0 Å². The molecule has 0 rings (SSSR count). The Kier molecular flexibility index (Phi) is 10.9. The number of esters is 2. The summed E-state index contributed by atoms with van der Waals surface area (Å²) in [7, 11) is 3.43. The Morgan fingerprint density at radius 3 is 2.14 bits per heavy atom. The van der Waals surface area contributed by atoms with Gasteiger partial charge in [0.2, 0.25) is 6.04 Å². The lowest BCUT2D eigenvalue weighted by molar-refractivity contribution is -0.156. The van der Waals surface area contributed by atoms with E-state index >= 15 is 0 Å². The van der Waals surface area contributed by atoms with E-state index in [2.05, 4.69) is 14.5 Å². The first-order valence-corrected chi connectivity index (χ1v) is 8.99. The molecule has 0 aliphatic heterocycles. The van der Waals surface area contributed by atoms with Crippen LogP contribution in [-0.4, -0.2) is 85.2 Å². The summed E-state index contributed by atoms with van der Waals surface area (Å²) >= 11 is 0. The van der Waals surface area contributed by atoms with E-state index in [-0.39, 0.29) is 18.9 Å². The van der Waals surface area contributed by atoms with Gasteiger partial charge in [-0.2, -0.15) is 0 Å². The first kappa shape index (κ1) is 26.3. The van der Waals surface area contributed by atoms with E-state index in [4.69, 9.17) is 15.6 Å². The molecule has 0 aromatic carbocycles. The summed E-state index contributed by atoms with van der Waals surface area (Å²) in [6.07, 6.45) is 0.483. The van der Waals surface area contributed by atoms with Gasteiger partial charge in [-0.3, -0.25) is 4.79 Å². The molecule has 0 saturated carbocycles. The van der Waals surface area contributed by atoms with Crippen LogP contribution in [0.25, 0.3) is 0 Å². The average molecular weight is 417 g/mol. The van der Waals surface area contributed by atoms with Gasteiger partial charge in [-0.1, -0.05) is 0 Å². The second kappa shape index (κ2) is 12.0. The van der Waals surface area contributed by atoms with Crippen LogP contribution >= 0.6 is 0 Å². The summed E-state index contributed by atoms with van der Waals surface area (Å²) in [4.78, 5) is 53.0. The minimum absolute atomic E-state index is 0.0640. The van der Waals surface area contributed by atoms with Crippen molar-refractivity contribution >= 4 is 29.7 Å². The molecule has 0 aromatic heterocycles. The van der Waals surface area contributed by atoms with Crippen LogP contribution in [-0.2, 0) is 28.6 Å². The van der Waals surface area contributed by atoms with Crippen LogP contribution < -0.4 is 5.73 Å². The number of amides is 1. The normalized spacial score (nSPS) is 13.8. The van der Waals surface area contributed by atoms with Crippen LogP contribution in [0.1, 0.15) is 40.0 Å². The first-order valence-electron chi connectivity index (χ1n) is 8.99. The summed E-state index contributed by atoms with van der Waals surface area (Å²) in [6, 6.07) is -2.71. The zero-order chi connectivity index (χ0) is 22.8. The zero-order valence-electron chi connectivity index (χ0n) is 17.8. The number of methoxy groups -OCH3 is 2. The summed E-state index contributed by atoms with van der Waals surface area (Å²) in [5.41, 5.74) is 5.24. The number of ether oxygens (including phenoxy) is 3. The number of rotatable bonds is 10. The fourth-order valence-electron chi connectivity index (χ4n) is 2.23. The molecule has 0 fully saturated rings. The van der Waals surface area contributed by atoms with Gasteiger partial charge in [-0.15, -0.1) is 0 Å². The van der Waals surface area contributed by atoms with Crippen molar-refractivity contribution < 1.29 is 38.5 Å². The lowest BCUT2D eigenvalue weighted by atomic mass is 10.1. The van der Waals surface area contributed by atoms with E-state index in [1.807, 2.05) is 0 Å². The number of aliphatic imine (C=N–C) groups is 1. The van der Waals surface area contributed by atoms with Crippen molar-refractivity contribution in [2.24, 2.45) is 10.7 Å². The number of aliphatic hydroxyl groups excluding tert-OH is 1. The van der Waals surface area contributed by atoms with Gasteiger partial charge in [0.25, 0.3) is 5.78 Å². The van der Waals surface area contributed by atoms with E-state index < -0.39 is 41.5 Å². The largest absolute Gasteiger partial charge is 0.467 e. The summed E-state index contributed by atoms with van der Waals surface area (Å²) in [5.74, 6) is -3.88. The Bertz CT molecular complexity index is 627. The van der Waals surface area contributed by atoms with Gasteiger partial charge in [-0.05, 0) is 40.0 Å². The Balaban J connectivity index is 5.85. The second-order valence-corrected chi connectivity index (χ2v) is 7.16. The predicted molar refractivity (Wildman–Crippen MR) is 103 cm³/mol. The van der Waals surface area contributed by atoms with E-state index in [1.54, 1.807) is 20.8 Å². The number of nitrogens with two attached hydrogens (primary N) is 1. The molecule has 0 heterocycles. The fourth-order valence-corrected chi connectivity index (χ4v) is 2.23. The highest BCUT2D eigenvalue weighted by molar-refractivity contribution is 6.40. The number of unbranched alkanes of at least 4 members (excludes halogenated alkanes) is 1. The van der Waals surface area contributed by atoms with Gasteiger partial charge in [0, 0.05) is 13.7 Å². The van der Waals surface area contributed by atoms with Crippen molar-refractivity contribution in [2.45, 2.75) is 57.7 Å². The zero-order valence-corrected chi connectivity index (χ0v) is 17.8. The topological polar surface area (TPSA) is 158 Å². The van der Waals surface area contributed by atoms with Crippen LogP contribution in [0.4, 0.5) is 4.79 Å². The Morgan fingerprint density at radius 2 is 1.69 bits per heavy atom. The van der Waals surface area contributed by atoms with Gasteiger partial charge in [0.1, 0.15) is 11.4 Å². The monoisotopic (exact) mass is 417 g/mol. The molecule has 3 N–H and O–H groups in total. The maximum atomic E-state index is 12.4. The quantitative estimate of drug-likeness (QED) is 0.0951. The third-order valence-corrected chi connectivity index (χ3v) is 3.71. The SMILES string of the molecule is COC(=O)C(=O)C(N=C(N)C(CCCCO)N(C)C(=O)OC(C)(C)C)C(=O)OC. The Morgan fingerprint density at radius 1 is 1.10 bits per heavy atom. The van der Waals surface area contributed by atoms with Crippen LogP contribution in [0, 0.1) is 0 Å². The van der Waals surface area contributed by atoms with Crippen molar-refractivity contribution in [3.05, 3.63) is 0 Å². The van der Waals surface area contributed by atoms with E-state index in [0.717, 1.165) is 14.2 Å². The maximum Gasteiger partial charge on any atom is 0.410 e. The molecular weight excluding hydrogens is 386 g/mol. The summed E-state index contributed by atoms with van der Waals surface area (Å²) in [6.45, 7) is 5.02. The molecule has 1 amide bonds. The fraction of sp³-hybridized carbons (Fsp3) is 0.722. The summed E-state index contributed by atoms with van der Waals surface area (Å²) in [5, 5.41) is 9.01. The lowest BCUT2D eigenvalue weighted by Crippen LogP contribution is -2.49. The van der Waals surface area contributed by atoms with Crippen molar-refractivity contribution in [1.82, 2.24) is 4.90 Å².